The highest BCUT2D eigenvalue weighted by molar-refractivity contribution is 5.80. The quantitative estimate of drug-likeness (QED) is 0.0691. The molecule has 0 N–H and O–H groups in total. The lowest BCUT2D eigenvalue weighted by molar-refractivity contribution is 0.0333. The molecule has 0 spiro atoms. The lowest BCUT2D eigenvalue weighted by atomic mass is 10.1. The third-order valence-electron chi connectivity index (χ3n) is 9.82. The molecule has 0 amide bonds. The molecule has 0 saturated carbocycles. The van der Waals surface area contributed by atoms with Crippen LogP contribution in [-0.2, 0) is 29.1 Å². The first-order valence-corrected chi connectivity index (χ1v) is 20.0. The fourth-order valence-electron chi connectivity index (χ4n) is 6.75. The Morgan fingerprint density at radius 1 is 0.590 bits per heavy atom. The van der Waals surface area contributed by atoms with E-state index in [1.54, 1.807) is 47.1 Å². The molecule has 0 fully saturated rings. The molecule has 0 bridgehead atoms. The van der Waals surface area contributed by atoms with Gasteiger partial charge in [0.1, 0.15) is 53.2 Å². The molecule has 61 heavy (non-hydrogen) atoms. The molecule has 8 rings (SSSR count). The van der Waals surface area contributed by atoms with Crippen LogP contribution < -0.4 is 20.3 Å². The number of rotatable bonds is 20. The van der Waals surface area contributed by atoms with Gasteiger partial charge in [-0.05, 0) is 60.2 Å². The van der Waals surface area contributed by atoms with E-state index in [0.29, 0.717) is 111 Å². The minimum absolute atomic E-state index is 0.103. The Morgan fingerprint density at radius 3 is 2.03 bits per heavy atom. The Kier molecular flexibility index (Phi) is 13.3. The Hall–Kier alpha value is -6.93. The zero-order valence-corrected chi connectivity index (χ0v) is 33.3. The Labute approximate surface area is 350 Å². The van der Waals surface area contributed by atoms with Crippen molar-refractivity contribution >= 4 is 21.9 Å². The highest BCUT2D eigenvalue weighted by Gasteiger charge is 2.13. The van der Waals surface area contributed by atoms with E-state index in [1.165, 1.54) is 35.9 Å². The lowest BCUT2D eigenvalue weighted by Gasteiger charge is -2.21. The van der Waals surface area contributed by atoms with Gasteiger partial charge in [-0.25, -0.2) is 9.07 Å². The standard InChI is InChI=1S/C48H43FN4O8/c49-37-13-18-45-42(27-37)44(55)30-47(60-45)36-11-14-39(15-12-36)59-26-25-57-24-23-56-21-20-53-33-38(50-51-53)32-52(31-34-7-3-1-4-8-34)19-22-58-40-16-17-41-43(54)29-46(61-48(41)28-40)35-9-5-2-6-10-35/h1-18,27-30,33H,19-26,31-32H2. The Bertz CT molecular complexity index is 2790. The van der Waals surface area contributed by atoms with Crippen LogP contribution in [0.4, 0.5) is 4.39 Å². The van der Waals surface area contributed by atoms with Crippen molar-refractivity contribution in [1.82, 2.24) is 19.9 Å². The molecule has 12 nitrogen and oxygen atoms in total. The molecule has 8 aromatic rings. The van der Waals surface area contributed by atoms with Crippen LogP contribution >= 0.6 is 0 Å². The molecule has 0 radical (unpaired) electrons. The first-order chi connectivity index (χ1) is 29.9. The third-order valence-corrected chi connectivity index (χ3v) is 9.82. The topological polar surface area (TPSA) is 131 Å². The van der Waals surface area contributed by atoms with E-state index >= 15 is 0 Å². The highest BCUT2D eigenvalue weighted by atomic mass is 19.1. The van der Waals surface area contributed by atoms with Gasteiger partial charge in [-0.15, -0.1) is 5.10 Å². The van der Waals surface area contributed by atoms with Crippen LogP contribution in [-0.4, -0.2) is 66.1 Å². The highest BCUT2D eigenvalue weighted by Crippen LogP contribution is 2.26. The predicted octanol–water partition coefficient (Wildman–Crippen LogP) is 8.16. The Balaban J connectivity index is 0.751. The summed E-state index contributed by atoms with van der Waals surface area (Å²) < 4.78 is 50.6. The molecule has 0 atom stereocenters. The summed E-state index contributed by atoms with van der Waals surface area (Å²) in [4.78, 5) is 27.5. The van der Waals surface area contributed by atoms with Gasteiger partial charge in [0.05, 0.1) is 49.4 Å². The van der Waals surface area contributed by atoms with Gasteiger partial charge < -0.3 is 27.8 Å². The minimum Gasteiger partial charge on any atom is -0.492 e. The maximum absolute atomic E-state index is 13.5. The SMILES string of the molecule is O=c1cc(-c2ccccc2)oc2cc(OCCN(Cc3ccccc3)Cc3cn(CCOCCOCCOc4ccc(-c5cc(=O)c6cc(F)ccc6o5)cc4)nn3)ccc12. The molecular weight excluding hydrogens is 780 g/mol. The van der Waals surface area contributed by atoms with Crippen molar-refractivity contribution in [2.24, 2.45) is 0 Å². The molecule has 0 aliphatic heterocycles. The third kappa shape index (κ3) is 11.0. The van der Waals surface area contributed by atoms with Crippen LogP contribution in [0.15, 0.2) is 158 Å². The first-order valence-electron chi connectivity index (χ1n) is 20.0. The zero-order chi connectivity index (χ0) is 41.8. The summed E-state index contributed by atoms with van der Waals surface area (Å²) in [5.74, 6) is 1.68. The minimum atomic E-state index is -0.487. The van der Waals surface area contributed by atoms with Crippen LogP contribution in [0.5, 0.6) is 11.5 Å². The molecule has 5 aromatic carbocycles. The summed E-state index contributed by atoms with van der Waals surface area (Å²) in [6.45, 7) is 4.84. The van der Waals surface area contributed by atoms with Crippen molar-refractivity contribution in [3.05, 3.63) is 177 Å². The number of ether oxygens (including phenoxy) is 4. The monoisotopic (exact) mass is 822 g/mol. The van der Waals surface area contributed by atoms with E-state index in [-0.39, 0.29) is 16.2 Å². The maximum Gasteiger partial charge on any atom is 0.193 e. The van der Waals surface area contributed by atoms with Crippen molar-refractivity contribution in [1.29, 1.82) is 0 Å². The fourth-order valence-corrected chi connectivity index (χ4v) is 6.75. The predicted molar refractivity (Wildman–Crippen MR) is 229 cm³/mol. The van der Waals surface area contributed by atoms with Crippen molar-refractivity contribution < 1.29 is 32.2 Å². The average Bonchev–Trinajstić information content (AvgIpc) is 3.73. The second-order valence-electron chi connectivity index (χ2n) is 14.2. The first kappa shape index (κ1) is 40.8. The molecule has 0 aliphatic carbocycles. The number of fused-ring (bicyclic) bond motifs is 2. The number of hydrogen-bond donors (Lipinski definition) is 0. The van der Waals surface area contributed by atoms with Gasteiger partial charge in [0, 0.05) is 55.2 Å². The summed E-state index contributed by atoms with van der Waals surface area (Å²) >= 11 is 0. The Morgan fingerprint density at radius 2 is 1.25 bits per heavy atom. The van der Waals surface area contributed by atoms with Crippen LogP contribution in [0.1, 0.15) is 11.3 Å². The van der Waals surface area contributed by atoms with E-state index in [1.807, 2.05) is 54.7 Å². The number of benzene rings is 5. The van der Waals surface area contributed by atoms with Crippen molar-refractivity contribution in [2.45, 2.75) is 19.6 Å². The van der Waals surface area contributed by atoms with Gasteiger partial charge in [-0.2, -0.15) is 0 Å². The van der Waals surface area contributed by atoms with Gasteiger partial charge in [-0.3, -0.25) is 14.5 Å². The summed E-state index contributed by atoms with van der Waals surface area (Å²) in [5.41, 5.74) is 3.92. The lowest BCUT2D eigenvalue weighted by Crippen LogP contribution is -2.28. The number of halogens is 1. The second kappa shape index (κ2) is 19.9. The van der Waals surface area contributed by atoms with Gasteiger partial charge in [0.25, 0.3) is 0 Å². The van der Waals surface area contributed by atoms with Gasteiger partial charge in [-0.1, -0.05) is 65.9 Å². The normalized spacial score (nSPS) is 11.4. The molecular formula is C48H43FN4O8. The van der Waals surface area contributed by atoms with E-state index < -0.39 is 5.82 Å². The zero-order valence-electron chi connectivity index (χ0n) is 33.3. The van der Waals surface area contributed by atoms with Gasteiger partial charge >= 0.3 is 0 Å². The number of aromatic nitrogens is 3. The van der Waals surface area contributed by atoms with Crippen molar-refractivity contribution in [2.75, 3.05) is 46.2 Å². The molecule has 310 valence electrons. The summed E-state index contributed by atoms with van der Waals surface area (Å²) in [7, 11) is 0. The van der Waals surface area contributed by atoms with E-state index in [9.17, 15) is 14.0 Å². The van der Waals surface area contributed by atoms with Crippen LogP contribution in [0.25, 0.3) is 44.6 Å². The molecule has 3 heterocycles. The molecule has 0 saturated heterocycles. The van der Waals surface area contributed by atoms with Crippen LogP contribution in [0.2, 0.25) is 0 Å². The molecule has 3 aromatic heterocycles. The average molecular weight is 823 g/mol. The van der Waals surface area contributed by atoms with E-state index in [0.717, 1.165) is 11.3 Å². The number of hydrogen-bond acceptors (Lipinski definition) is 11. The summed E-state index contributed by atoms with van der Waals surface area (Å²) in [5, 5.41) is 9.43. The van der Waals surface area contributed by atoms with Gasteiger partial charge in [0.15, 0.2) is 10.9 Å². The summed E-state index contributed by atoms with van der Waals surface area (Å²) in [6, 6.07) is 39.0. The molecule has 0 aliphatic rings. The van der Waals surface area contributed by atoms with Crippen LogP contribution in [0.3, 0.4) is 0 Å². The van der Waals surface area contributed by atoms with Gasteiger partial charge in [0.2, 0.25) is 0 Å². The smallest absolute Gasteiger partial charge is 0.193 e. The second-order valence-corrected chi connectivity index (χ2v) is 14.2. The molecule has 13 heteroatoms. The fraction of sp³-hybridized carbons (Fsp3) is 0.208. The van der Waals surface area contributed by atoms with Crippen molar-refractivity contribution in [3.63, 3.8) is 0 Å². The summed E-state index contributed by atoms with van der Waals surface area (Å²) in [6.07, 6.45) is 1.93. The van der Waals surface area contributed by atoms with Crippen molar-refractivity contribution in [3.8, 4) is 34.1 Å². The van der Waals surface area contributed by atoms with E-state index in [4.69, 9.17) is 27.8 Å². The molecule has 0 unspecified atom stereocenters. The van der Waals surface area contributed by atoms with E-state index in [2.05, 4.69) is 27.3 Å². The maximum atomic E-state index is 13.5. The van der Waals surface area contributed by atoms with Crippen LogP contribution in [0, 0.1) is 5.82 Å². The number of nitrogens with zero attached hydrogens (tertiary/aromatic N) is 4. The largest absolute Gasteiger partial charge is 0.492 e.